The smallest absolute Gasteiger partial charge is 0.339 e. The van der Waals surface area contributed by atoms with Gasteiger partial charge in [0.15, 0.2) is 0 Å². The Kier molecular flexibility index (Phi) is 14.2. The van der Waals surface area contributed by atoms with Crippen LogP contribution in [0.2, 0.25) is 0 Å². The van der Waals surface area contributed by atoms with Gasteiger partial charge in [-0.15, -0.1) is 11.8 Å². The van der Waals surface area contributed by atoms with Crippen LogP contribution in [0.25, 0.3) is 0 Å². The first-order chi connectivity index (χ1) is 25.9. The zero-order chi connectivity index (χ0) is 39.3. The first kappa shape index (κ1) is 40.4. The molecular weight excluding hydrogens is 722 g/mol. The average molecular weight is 760 g/mol. The molecule has 1 aromatic heterocycles. The van der Waals surface area contributed by atoms with E-state index in [1.165, 1.54) is 11.8 Å². The molecule has 282 valence electrons. The van der Waals surface area contributed by atoms with Crippen LogP contribution in [0.15, 0.2) is 108 Å². The lowest BCUT2D eigenvalue weighted by atomic mass is 9.84. The van der Waals surface area contributed by atoms with E-state index in [0.717, 1.165) is 28.4 Å². The second-order valence-electron chi connectivity index (χ2n) is 11.6. The Hall–Kier alpha value is -6.36. The fraction of sp³-hybridized carbons (Fsp3) is 0.270. The standard InChI is InChI=1S/C37H37N5O11S/c1-3-53-33(44)21-38-35(46)28(24-54-37(25-13-7-4-8-14-25,26-15-9-5-10-16-26)27-17-11-6-12-18-27)39-36(47)29(19-20-32(43)52-2)40-22-30(41(48)49)34(45)31(23-40)42(50)51/h4-18,22-23,28-29H,3,19-21,24H2,1-2H3,(H,38,46)(H,39,47)/t28-,29-/m0/s1. The van der Waals surface area contributed by atoms with Gasteiger partial charge in [0.2, 0.25) is 11.8 Å². The lowest BCUT2D eigenvalue weighted by Crippen LogP contribution is -2.51. The van der Waals surface area contributed by atoms with Crippen LogP contribution in [-0.4, -0.2) is 70.2 Å². The van der Waals surface area contributed by atoms with Crippen LogP contribution < -0.4 is 16.1 Å². The maximum Gasteiger partial charge on any atom is 0.339 e. The normalized spacial score (nSPS) is 12.1. The molecule has 0 saturated heterocycles. The molecule has 0 aliphatic rings. The SMILES string of the molecule is CCOC(=O)CNC(=O)[C@H](CSC(c1ccccc1)(c1ccccc1)c1ccccc1)NC(=O)[C@H](CCC(=O)OC)n1cc([N+](=O)[O-])c(=O)c([N+](=O)[O-])c1. The molecule has 4 rings (SSSR count). The Morgan fingerprint density at radius 3 is 1.70 bits per heavy atom. The first-order valence-corrected chi connectivity index (χ1v) is 17.6. The number of nitro groups is 2. The minimum absolute atomic E-state index is 0.0536. The summed E-state index contributed by atoms with van der Waals surface area (Å²) in [5.41, 5.74) is -1.33. The molecule has 16 nitrogen and oxygen atoms in total. The molecule has 2 N–H and O–H groups in total. The molecule has 0 radical (unpaired) electrons. The number of carbonyl (C=O) groups is 4. The summed E-state index contributed by atoms with van der Waals surface area (Å²) in [6.07, 6.45) is 0.497. The van der Waals surface area contributed by atoms with Crippen LogP contribution in [0.5, 0.6) is 0 Å². The van der Waals surface area contributed by atoms with Crippen LogP contribution in [0.1, 0.15) is 42.5 Å². The minimum atomic E-state index is -1.59. The van der Waals surface area contributed by atoms with E-state index in [0.29, 0.717) is 12.4 Å². The number of rotatable bonds is 18. The Morgan fingerprint density at radius 1 is 0.796 bits per heavy atom. The number of pyridine rings is 1. The zero-order valence-corrected chi connectivity index (χ0v) is 30.1. The highest BCUT2D eigenvalue weighted by atomic mass is 32.2. The van der Waals surface area contributed by atoms with Crippen molar-refractivity contribution in [1.29, 1.82) is 0 Å². The Labute approximate surface area is 313 Å². The third kappa shape index (κ3) is 9.74. The van der Waals surface area contributed by atoms with Gasteiger partial charge in [-0.25, -0.2) is 0 Å². The topological polar surface area (TPSA) is 219 Å². The molecule has 17 heteroatoms. The molecule has 0 saturated carbocycles. The number of aromatic nitrogens is 1. The second kappa shape index (κ2) is 18.9. The van der Waals surface area contributed by atoms with E-state index in [1.54, 1.807) is 6.92 Å². The largest absolute Gasteiger partial charge is 0.469 e. The molecule has 0 aliphatic heterocycles. The molecule has 54 heavy (non-hydrogen) atoms. The lowest BCUT2D eigenvalue weighted by Gasteiger charge is -2.36. The van der Waals surface area contributed by atoms with E-state index in [4.69, 9.17) is 9.47 Å². The van der Waals surface area contributed by atoms with Crippen LogP contribution in [0.4, 0.5) is 11.4 Å². The number of nitrogens with zero attached hydrogens (tertiary/aromatic N) is 3. The number of amides is 2. The van der Waals surface area contributed by atoms with Crippen LogP contribution in [0, 0.1) is 20.2 Å². The monoisotopic (exact) mass is 759 g/mol. The minimum Gasteiger partial charge on any atom is -0.469 e. The van der Waals surface area contributed by atoms with E-state index < -0.39 is 86.6 Å². The van der Waals surface area contributed by atoms with Crippen LogP contribution in [0.3, 0.4) is 0 Å². The van der Waals surface area contributed by atoms with Gasteiger partial charge in [-0.1, -0.05) is 91.0 Å². The molecular formula is C37H37N5O11S. The third-order valence-electron chi connectivity index (χ3n) is 8.27. The summed E-state index contributed by atoms with van der Waals surface area (Å²) in [7, 11) is 1.10. The molecule has 0 unspecified atom stereocenters. The van der Waals surface area contributed by atoms with Crippen molar-refractivity contribution in [3.8, 4) is 0 Å². The average Bonchev–Trinajstić information content (AvgIpc) is 3.18. The number of ether oxygens (including phenoxy) is 2. The molecule has 0 aliphatic carbocycles. The summed E-state index contributed by atoms with van der Waals surface area (Å²) in [4.78, 5) is 86.2. The number of nitrogens with one attached hydrogen (secondary N) is 2. The predicted octanol–water partition coefficient (Wildman–Crippen LogP) is 4.05. The third-order valence-corrected chi connectivity index (χ3v) is 9.91. The number of thioether (sulfide) groups is 1. The van der Waals surface area contributed by atoms with Crippen molar-refractivity contribution in [2.45, 2.75) is 36.6 Å². The summed E-state index contributed by atoms with van der Waals surface area (Å²) in [6, 6.07) is 25.4. The maximum atomic E-state index is 14.2. The first-order valence-electron chi connectivity index (χ1n) is 16.6. The molecule has 4 aromatic rings. The highest BCUT2D eigenvalue weighted by molar-refractivity contribution is 8.00. The van der Waals surface area contributed by atoms with Crippen molar-refractivity contribution in [3.05, 3.63) is 151 Å². The zero-order valence-electron chi connectivity index (χ0n) is 29.2. The number of carbonyl (C=O) groups excluding carboxylic acids is 4. The van der Waals surface area contributed by atoms with E-state index in [9.17, 15) is 44.2 Å². The van der Waals surface area contributed by atoms with Crippen molar-refractivity contribution in [2.24, 2.45) is 0 Å². The fourth-order valence-electron chi connectivity index (χ4n) is 5.70. The highest BCUT2D eigenvalue weighted by Crippen LogP contribution is 2.48. The number of methoxy groups -OCH3 is 1. The van der Waals surface area contributed by atoms with Gasteiger partial charge in [0.25, 0.3) is 0 Å². The van der Waals surface area contributed by atoms with Crippen molar-refractivity contribution in [3.63, 3.8) is 0 Å². The van der Waals surface area contributed by atoms with Gasteiger partial charge in [0.05, 0.1) is 40.7 Å². The van der Waals surface area contributed by atoms with Gasteiger partial charge in [-0.05, 0) is 30.0 Å². The van der Waals surface area contributed by atoms with Gasteiger partial charge in [-0.2, -0.15) is 0 Å². The molecule has 0 bridgehead atoms. The Bertz CT molecular complexity index is 1890. The molecule has 0 spiro atoms. The van der Waals surface area contributed by atoms with Gasteiger partial charge in [0, 0.05) is 12.2 Å². The summed E-state index contributed by atoms with van der Waals surface area (Å²) < 4.78 is 9.47. The quantitative estimate of drug-likeness (QED) is 0.0636. The summed E-state index contributed by atoms with van der Waals surface area (Å²) in [5.74, 6) is -3.41. The van der Waals surface area contributed by atoms with Gasteiger partial charge in [-0.3, -0.25) is 44.2 Å². The van der Waals surface area contributed by atoms with Gasteiger partial charge < -0.3 is 24.7 Å². The Morgan fingerprint density at radius 2 is 1.28 bits per heavy atom. The molecule has 3 aromatic carbocycles. The molecule has 0 fully saturated rings. The number of benzene rings is 3. The second-order valence-corrected chi connectivity index (χ2v) is 12.9. The number of hydrogen-bond donors (Lipinski definition) is 2. The maximum absolute atomic E-state index is 14.2. The summed E-state index contributed by atoms with van der Waals surface area (Å²) >= 11 is 1.30. The number of esters is 2. The summed E-state index contributed by atoms with van der Waals surface area (Å²) in [5, 5.41) is 28.6. The predicted molar refractivity (Wildman–Crippen MR) is 198 cm³/mol. The van der Waals surface area contributed by atoms with Gasteiger partial charge >= 0.3 is 28.7 Å². The summed E-state index contributed by atoms with van der Waals surface area (Å²) in [6.45, 7) is 1.11. The van der Waals surface area contributed by atoms with Crippen molar-refractivity contribution in [2.75, 3.05) is 26.0 Å². The van der Waals surface area contributed by atoms with Crippen LogP contribution >= 0.6 is 11.8 Å². The van der Waals surface area contributed by atoms with Gasteiger partial charge in [0.1, 0.15) is 18.6 Å². The van der Waals surface area contributed by atoms with E-state index in [2.05, 4.69) is 10.6 Å². The van der Waals surface area contributed by atoms with E-state index in [1.807, 2.05) is 91.0 Å². The van der Waals surface area contributed by atoms with E-state index in [-0.39, 0.29) is 12.4 Å². The number of hydrogen-bond acceptors (Lipinski definition) is 12. The molecule has 1 heterocycles. The van der Waals surface area contributed by atoms with Crippen molar-refractivity contribution >= 4 is 46.9 Å². The lowest BCUT2D eigenvalue weighted by molar-refractivity contribution is -0.397. The Balaban J connectivity index is 1.82. The van der Waals surface area contributed by atoms with Crippen molar-refractivity contribution < 1.29 is 38.5 Å². The fourth-order valence-corrected chi connectivity index (χ4v) is 7.26. The van der Waals surface area contributed by atoms with Crippen molar-refractivity contribution in [1.82, 2.24) is 15.2 Å². The van der Waals surface area contributed by atoms with Crippen LogP contribution in [-0.2, 0) is 33.4 Å². The molecule has 2 atom stereocenters. The molecule has 2 amide bonds. The van der Waals surface area contributed by atoms with E-state index >= 15 is 0 Å². The highest BCUT2D eigenvalue weighted by Gasteiger charge is 2.39.